The highest BCUT2D eigenvalue weighted by Crippen LogP contribution is 2.30. The van der Waals surface area contributed by atoms with Crippen LogP contribution in [0.4, 0.5) is 18.9 Å². The Labute approximate surface area is 150 Å². The molecule has 4 heteroatoms. The predicted molar refractivity (Wildman–Crippen MR) is 98.6 cm³/mol. The molecular weight excluding hydrogens is 335 g/mol. The average molecular weight is 353 g/mol. The first kappa shape index (κ1) is 16.7. The maximum Gasteiger partial charge on any atom is 0.131 e. The van der Waals surface area contributed by atoms with Crippen LogP contribution in [0.2, 0.25) is 0 Å². The summed E-state index contributed by atoms with van der Waals surface area (Å²) in [7, 11) is 0. The minimum Gasteiger partial charge on any atom is -0.372 e. The Balaban J connectivity index is 1.63. The Morgan fingerprint density at radius 1 is 0.615 bits per heavy atom. The predicted octanol–water partition coefficient (Wildman–Crippen LogP) is 6.04. The van der Waals surface area contributed by atoms with E-state index in [9.17, 15) is 13.2 Å². The zero-order valence-electron chi connectivity index (χ0n) is 14.2. The summed E-state index contributed by atoms with van der Waals surface area (Å²) in [6.45, 7) is 2.15. The number of anilines is 1. The van der Waals surface area contributed by atoms with Gasteiger partial charge in [0, 0.05) is 30.4 Å². The molecule has 0 amide bonds. The fourth-order valence-electron chi connectivity index (χ4n) is 3.48. The Bertz CT molecular complexity index is 908. The van der Waals surface area contributed by atoms with Crippen molar-refractivity contribution in [2.24, 2.45) is 0 Å². The van der Waals surface area contributed by atoms with E-state index in [1.54, 1.807) is 12.1 Å². The molecule has 26 heavy (non-hydrogen) atoms. The molecule has 0 atom stereocenters. The van der Waals surface area contributed by atoms with Gasteiger partial charge < -0.3 is 4.90 Å². The number of nitrogens with zero attached hydrogens (tertiary/aromatic N) is 1. The molecule has 132 valence electrons. The van der Waals surface area contributed by atoms with Gasteiger partial charge in [-0.2, -0.15) is 0 Å². The van der Waals surface area contributed by atoms with Gasteiger partial charge in [0.2, 0.25) is 0 Å². The Hall–Kier alpha value is -2.75. The number of benzene rings is 3. The van der Waals surface area contributed by atoms with E-state index in [0.29, 0.717) is 0 Å². The summed E-state index contributed by atoms with van der Waals surface area (Å²) >= 11 is 0. The van der Waals surface area contributed by atoms with Crippen LogP contribution in [0.3, 0.4) is 0 Å². The molecule has 0 spiro atoms. The molecule has 0 aromatic heterocycles. The zero-order valence-corrected chi connectivity index (χ0v) is 14.2. The monoisotopic (exact) mass is 353 g/mol. The van der Waals surface area contributed by atoms with Crippen LogP contribution in [0.5, 0.6) is 0 Å². The smallest absolute Gasteiger partial charge is 0.131 e. The lowest BCUT2D eigenvalue weighted by Gasteiger charge is -2.17. The van der Waals surface area contributed by atoms with Gasteiger partial charge in [-0.1, -0.05) is 24.3 Å². The summed E-state index contributed by atoms with van der Waals surface area (Å²) in [6, 6.07) is 15.8. The molecule has 1 aliphatic heterocycles. The van der Waals surface area contributed by atoms with E-state index in [4.69, 9.17) is 0 Å². The molecule has 0 unspecified atom stereocenters. The highest BCUT2D eigenvalue weighted by atomic mass is 19.1. The van der Waals surface area contributed by atoms with Gasteiger partial charge in [-0.05, 0) is 59.9 Å². The standard InChI is InChI=1S/C22H18F3N/c23-18-11-17(12-19(24)14-18)21-8-5-16(13-22(21)25)15-3-6-20(7-4-15)26-9-1-2-10-26/h3-8,11-14H,1-2,9-10H2. The molecule has 0 N–H and O–H groups in total. The van der Waals surface area contributed by atoms with Crippen molar-refractivity contribution in [1.29, 1.82) is 0 Å². The molecule has 0 aliphatic carbocycles. The van der Waals surface area contributed by atoms with Gasteiger partial charge >= 0.3 is 0 Å². The quantitative estimate of drug-likeness (QED) is 0.555. The first-order valence-corrected chi connectivity index (χ1v) is 8.71. The lowest BCUT2D eigenvalue weighted by molar-refractivity contribution is 0.583. The maximum atomic E-state index is 14.6. The number of hydrogen-bond acceptors (Lipinski definition) is 1. The first-order valence-electron chi connectivity index (χ1n) is 8.71. The minimum atomic E-state index is -0.721. The van der Waals surface area contributed by atoms with Gasteiger partial charge in [-0.25, -0.2) is 13.2 Å². The Morgan fingerprint density at radius 3 is 1.85 bits per heavy atom. The van der Waals surface area contributed by atoms with Crippen LogP contribution in [-0.2, 0) is 0 Å². The zero-order chi connectivity index (χ0) is 18.1. The summed E-state index contributed by atoms with van der Waals surface area (Å²) in [4.78, 5) is 2.34. The van der Waals surface area contributed by atoms with Crippen LogP contribution < -0.4 is 4.90 Å². The van der Waals surface area contributed by atoms with Gasteiger partial charge in [0.05, 0.1) is 0 Å². The van der Waals surface area contributed by atoms with Crippen LogP contribution in [-0.4, -0.2) is 13.1 Å². The molecule has 3 aromatic carbocycles. The molecule has 1 saturated heterocycles. The van der Waals surface area contributed by atoms with Crippen molar-refractivity contribution in [2.45, 2.75) is 12.8 Å². The van der Waals surface area contributed by atoms with Gasteiger partial charge in [0.25, 0.3) is 0 Å². The van der Waals surface area contributed by atoms with E-state index in [1.807, 2.05) is 12.1 Å². The topological polar surface area (TPSA) is 3.24 Å². The summed E-state index contributed by atoms with van der Waals surface area (Å²) in [5.74, 6) is -1.95. The Kier molecular flexibility index (Phi) is 4.41. The van der Waals surface area contributed by atoms with Gasteiger partial charge in [-0.15, -0.1) is 0 Å². The summed E-state index contributed by atoms with van der Waals surface area (Å²) in [5.41, 5.74) is 3.19. The molecule has 0 saturated carbocycles. The molecule has 1 heterocycles. The second-order valence-electron chi connectivity index (χ2n) is 6.59. The lowest BCUT2D eigenvalue weighted by Crippen LogP contribution is -2.17. The normalized spacial score (nSPS) is 14.0. The largest absolute Gasteiger partial charge is 0.372 e. The summed E-state index contributed by atoms with van der Waals surface area (Å²) in [6.07, 6.45) is 2.43. The van der Waals surface area contributed by atoms with E-state index in [0.717, 1.165) is 42.4 Å². The van der Waals surface area contributed by atoms with Crippen LogP contribution >= 0.6 is 0 Å². The molecular formula is C22H18F3N. The van der Waals surface area contributed by atoms with Gasteiger partial charge in [0.15, 0.2) is 0 Å². The SMILES string of the molecule is Fc1cc(F)cc(-c2ccc(-c3ccc(N4CCCC4)cc3)cc2F)c1. The van der Waals surface area contributed by atoms with Crippen LogP contribution in [0, 0.1) is 17.5 Å². The average Bonchev–Trinajstić information content (AvgIpc) is 3.15. The molecule has 4 rings (SSSR count). The number of halogens is 3. The fraction of sp³-hybridized carbons (Fsp3) is 0.182. The van der Waals surface area contributed by atoms with Crippen LogP contribution in [0.1, 0.15) is 12.8 Å². The third-order valence-electron chi connectivity index (χ3n) is 4.81. The van der Waals surface area contributed by atoms with Crippen molar-refractivity contribution >= 4 is 5.69 Å². The van der Waals surface area contributed by atoms with Crippen molar-refractivity contribution < 1.29 is 13.2 Å². The third kappa shape index (κ3) is 3.32. The maximum absolute atomic E-state index is 14.6. The highest BCUT2D eigenvalue weighted by Gasteiger charge is 2.13. The van der Waals surface area contributed by atoms with Crippen molar-refractivity contribution in [3.8, 4) is 22.3 Å². The number of hydrogen-bond donors (Lipinski definition) is 0. The van der Waals surface area contributed by atoms with E-state index < -0.39 is 17.5 Å². The molecule has 1 nitrogen and oxygen atoms in total. The second kappa shape index (κ2) is 6.87. The summed E-state index contributed by atoms with van der Waals surface area (Å²) in [5, 5.41) is 0. The molecule has 0 radical (unpaired) electrons. The third-order valence-corrected chi connectivity index (χ3v) is 4.81. The molecule has 1 aliphatic rings. The van der Waals surface area contributed by atoms with Gasteiger partial charge in [-0.3, -0.25) is 0 Å². The van der Waals surface area contributed by atoms with E-state index >= 15 is 0 Å². The van der Waals surface area contributed by atoms with Crippen LogP contribution in [0.25, 0.3) is 22.3 Å². The fourth-order valence-corrected chi connectivity index (χ4v) is 3.48. The first-order chi connectivity index (χ1) is 12.6. The lowest BCUT2D eigenvalue weighted by atomic mass is 9.99. The highest BCUT2D eigenvalue weighted by molar-refractivity contribution is 5.72. The van der Waals surface area contributed by atoms with Crippen molar-refractivity contribution in [1.82, 2.24) is 0 Å². The molecule has 3 aromatic rings. The van der Waals surface area contributed by atoms with Crippen molar-refractivity contribution in [3.63, 3.8) is 0 Å². The van der Waals surface area contributed by atoms with E-state index in [-0.39, 0.29) is 11.1 Å². The second-order valence-corrected chi connectivity index (χ2v) is 6.59. The van der Waals surface area contributed by atoms with Crippen molar-refractivity contribution in [3.05, 3.63) is 78.1 Å². The van der Waals surface area contributed by atoms with E-state index in [2.05, 4.69) is 17.0 Å². The Morgan fingerprint density at radius 2 is 1.23 bits per heavy atom. The van der Waals surface area contributed by atoms with E-state index in [1.165, 1.54) is 24.6 Å². The summed E-state index contributed by atoms with van der Waals surface area (Å²) < 4.78 is 41.3. The van der Waals surface area contributed by atoms with Gasteiger partial charge in [0.1, 0.15) is 17.5 Å². The number of rotatable bonds is 3. The molecule has 1 fully saturated rings. The molecule has 0 bridgehead atoms. The minimum absolute atomic E-state index is 0.181. The van der Waals surface area contributed by atoms with Crippen LogP contribution in [0.15, 0.2) is 60.7 Å². The van der Waals surface area contributed by atoms with Crippen molar-refractivity contribution in [2.75, 3.05) is 18.0 Å².